The molecular weight excluding hydrogens is 198 g/mol. The van der Waals surface area contributed by atoms with Crippen LogP contribution < -0.4 is 5.32 Å². The highest BCUT2D eigenvalue weighted by Gasteiger charge is 2.01. The summed E-state index contributed by atoms with van der Waals surface area (Å²) in [5, 5.41) is 3.35. The van der Waals surface area contributed by atoms with Gasteiger partial charge in [-0.1, -0.05) is 13.8 Å². The van der Waals surface area contributed by atoms with Crippen molar-refractivity contribution in [1.29, 1.82) is 0 Å². The van der Waals surface area contributed by atoms with E-state index in [0.717, 1.165) is 30.9 Å². The van der Waals surface area contributed by atoms with E-state index in [4.69, 9.17) is 11.6 Å². The molecule has 0 aliphatic rings. The Kier molecular flexibility index (Phi) is 4.66. The van der Waals surface area contributed by atoms with E-state index in [1.54, 1.807) is 6.33 Å². The molecule has 3 nitrogen and oxygen atoms in total. The molecule has 1 aromatic heterocycles. The monoisotopic (exact) mass is 213 g/mol. The number of nitrogens with one attached hydrogen (secondary N) is 1. The molecule has 1 rings (SSSR count). The topological polar surface area (TPSA) is 37.8 Å². The lowest BCUT2D eigenvalue weighted by molar-refractivity contribution is 0.838. The number of hydrogen-bond donors (Lipinski definition) is 1. The number of nitrogens with zero attached hydrogens (tertiary/aromatic N) is 2. The first-order valence-corrected chi connectivity index (χ1v) is 5.38. The minimum Gasteiger partial charge on any atom is -0.368 e. The van der Waals surface area contributed by atoms with Crippen molar-refractivity contribution in [1.82, 2.24) is 9.97 Å². The zero-order chi connectivity index (χ0) is 10.4. The highest BCUT2D eigenvalue weighted by Crippen LogP contribution is 2.07. The summed E-state index contributed by atoms with van der Waals surface area (Å²) in [6.07, 6.45) is 3.46. The van der Waals surface area contributed by atoms with Crippen molar-refractivity contribution < 1.29 is 0 Å². The molecule has 0 saturated heterocycles. The van der Waals surface area contributed by atoms with Crippen molar-refractivity contribution in [2.24, 2.45) is 0 Å². The molecule has 0 aliphatic carbocycles. The van der Waals surface area contributed by atoms with Crippen LogP contribution in [0.4, 0.5) is 5.82 Å². The first kappa shape index (κ1) is 11.2. The highest BCUT2D eigenvalue weighted by atomic mass is 35.5. The minimum absolute atomic E-state index is 0.162. The second-order valence-electron chi connectivity index (χ2n) is 3.13. The molecule has 1 aromatic rings. The van der Waals surface area contributed by atoms with Crippen molar-refractivity contribution in [2.75, 3.05) is 11.9 Å². The summed E-state index contributed by atoms with van der Waals surface area (Å²) in [5.41, 5.74) is 1.05. The van der Waals surface area contributed by atoms with E-state index in [9.17, 15) is 0 Å². The Morgan fingerprint density at radius 2 is 2.21 bits per heavy atom. The molecule has 1 N–H and O–H groups in total. The second kappa shape index (κ2) is 5.81. The predicted octanol–water partition coefficient (Wildman–Crippen LogP) is 2.47. The summed E-state index contributed by atoms with van der Waals surface area (Å²) < 4.78 is 0. The maximum absolute atomic E-state index is 5.98. The van der Waals surface area contributed by atoms with Crippen LogP contribution in [-0.2, 0) is 6.42 Å². The van der Waals surface area contributed by atoms with Gasteiger partial charge in [0.1, 0.15) is 12.1 Å². The van der Waals surface area contributed by atoms with E-state index in [2.05, 4.69) is 29.1 Å². The van der Waals surface area contributed by atoms with E-state index < -0.39 is 0 Å². The van der Waals surface area contributed by atoms with Crippen LogP contribution in [0.5, 0.6) is 0 Å². The fraction of sp³-hybridized carbons (Fsp3) is 0.600. The van der Waals surface area contributed by atoms with Gasteiger partial charge < -0.3 is 5.32 Å². The molecule has 0 spiro atoms. The van der Waals surface area contributed by atoms with Crippen molar-refractivity contribution in [3.05, 3.63) is 18.1 Å². The van der Waals surface area contributed by atoms with E-state index in [1.807, 2.05) is 6.07 Å². The SMILES string of the molecule is CCc1cc(NCC(Cl)CC)ncn1. The minimum atomic E-state index is 0.162. The van der Waals surface area contributed by atoms with E-state index >= 15 is 0 Å². The summed E-state index contributed by atoms with van der Waals surface area (Å²) in [5.74, 6) is 0.857. The first-order chi connectivity index (χ1) is 6.76. The number of halogens is 1. The molecule has 0 bridgehead atoms. The quantitative estimate of drug-likeness (QED) is 0.764. The van der Waals surface area contributed by atoms with Gasteiger partial charge in [-0.25, -0.2) is 9.97 Å². The van der Waals surface area contributed by atoms with Crippen molar-refractivity contribution >= 4 is 17.4 Å². The second-order valence-corrected chi connectivity index (χ2v) is 3.75. The molecule has 0 radical (unpaired) electrons. The number of aromatic nitrogens is 2. The Labute approximate surface area is 89.9 Å². The van der Waals surface area contributed by atoms with E-state index in [1.165, 1.54) is 0 Å². The molecule has 78 valence electrons. The molecule has 1 unspecified atom stereocenters. The van der Waals surface area contributed by atoms with Crippen molar-refractivity contribution in [3.8, 4) is 0 Å². The lowest BCUT2D eigenvalue weighted by Crippen LogP contribution is -2.14. The Bertz CT molecular complexity index is 278. The van der Waals surface area contributed by atoms with Crippen LogP contribution in [0, 0.1) is 0 Å². The Morgan fingerprint density at radius 1 is 1.43 bits per heavy atom. The van der Waals surface area contributed by atoms with Crippen LogP contribution in [0.2, 0.25) is 0 Å². The molecule has 4 heteroatoms. The van der Waals surface area contributed by atoms with E-state index in [0.29, 0.717) is 0 Å². The molecule has 0 fully saturated rings. The summed E-state index contributed by atoms with van der Waals surface area (Å²) in [6, 6.07) is 1.96. The van der Waals surface area contributed by atoms with Crippen LogP contribution in [0.15, 0.2) is 12.4 Å². The van der Waals surface area contributed by atoms with Gasteiger partial charge in [-0.05, 0) is 12.8 Å². The Balaban J connectivity index is 2.50. The average Bonchev–Trinajstić information content (AvgIpc) is 2.26. The van der Waals surface area contributed by atoms with Gasteiger partial charge in [0, 0.05) is 18.3 Å². The number of alkyl halides is 1. The summed E-state index contributed by atoms with van der Waals surface area (Å²) >= 11 is 5.98. The van der Waals surface area contributed by atoms with Gasteiger partial charge in [-0.3, -0.25) is 0 Å². The van der Waals surface area contributed by atoms with Gasteiger partial charge in [0.25, 0.3) is 0 Å². The van der Waals surface area contributed by atoms with Crippen LogP contribution in [0.1, 0.15) is 26.0 Å². The van der Waals surface area contributed by atoms with Gasteiger partial charge >= 0.3 is 0 Å². The highest BCUT2D eigenvalue weighted by molar-refractivity contribution is 6.20. The standard InChI is InChI=1S/C10H16ClN3/c1-3-8(11)6-12-10-5-9(4-2)13-7-14-10/h5,7-8H,3-4,6H2,1-2H3,(H,12,13,14). The number of aryl methyl sites for hydroxylation is 1. The zero-order valence-electron chi connectivity index (χ0n) is 8.63. The fourth-order valence-electron chi connectivity index (χ4n) is 1.05. The van der Waals surface area contributed by atoms with Gasteiger partial charge in [-0.15, -0.1) is 11.6 Å². The lowest BCUT2D eigenvalue weighted by Gasteiger charge is -2.09. The first-order valence-electron chi connectivity index (χ1n) is 4.95. The molecule has 1 atom stereocenters. The fourth-order valence-corrected chi connectivity index (χ4v) is 1.12. The number of anilines is 1. The van der Waals surface area contributed by atoms with Crippen LogP contribution in [-0.4, -0.2) is 21.9 Å². The molecule has 0 saturated carbocycles. The predicted molar refractivity (Wildman–Crippen MR) is 59.8 cm³/mol. The van der Waals surface area contributed by atoms with Crippen molar-refractivity contribution in [2.45, 2.75) is 32.1 Å². The summed E-state index contributed by atoms with van der Waals surface area (Å²) in [7, 11) is 0. The van der Waals surface area contributed by atoms with Gasteiger partial charge in [0.15, 0.2) is 0 Å². The maximum Gasteiger partial charge on any atom is 0.129 e. The molecule has 0 aromatic carbocycles. The van der Waals surface area contributed by atoms with Crippen LogP contribution >= 0.6 is 11.6 Å². The Morgan fingerprint density at radius 3 is 2.86 bits per heavy atom. The lowest BCUT2D eigenvalue weighted by atomic mass is 10.3. The molecule has 0 aliphatic heterocycles. The summed E-state index contributed by atoms with van der Waals surface area (Å²) in [4.78, 5) is 8.23. The van der Waals surface area contributed by atoms with Crippen molar-refractivity contribution in [3.63, 3.8) is 0 Å². The number of rotatable bonds is 5. The molecular formula is C10H16ClN3. The largest absolute Gasteiger partial charge is 0.368 e. The molecule has 14 heavy (non-hydrogen) atoms. The van der Waals surface area contributed by atoms with Crippen LogP contribution in [0.25, 0.3) is 0 Å². The third kappa shape index (κ3) is 3.50. The summed E-state index contributed by atoms with van der Waals surface area (Å²) in [6.45, 7) is 4.89. The molecule has 1 heterocycles. The van der Waals surface area contributed by atoms with Gasteiger partial charge in [0.05, 0.1) is 5.38 Å². The smallest absolute Gasteiger partial charge is 0.129 e. The normalized spacial score (nSPS) is 12.5. The third-order valence-corrected chi connectivity index (χ3v) is 2.50. The van der Waals surface area contributed by atoms with Crippen LogP contribution in [0.3, 0.4) is 0 Å². The number of hydrogen-bond acceptors (Lipinski definition) is 3. The van der Waals surface area contributed by atoms with Gasteiger partial charge in [0.2, 0.25) is 0 Å². The Hall–Kier alpha value is -0.830. The molecule has 0 amide bonds. The average molecular weight is 214 g/mol. The maximum atomic E-state index is 5.98. The van der Waals surface area contributed by atoms with E-state index in [-0.39, 0.29) is 5.38 Å². The third-order valence-electron chi connectivity index (χ3n) is 2.03. The zero-order valence-corrected chi connectivity index (χ0v) is 9.38. The van der Waals surface area contributed by atoms with Gasteiger partial charge in [-0.2, -0.15) is 0 Å².